The monoisotopic (exact) mass is 154 g/mol. The average molecular weight is 155 g/mol. The smallest absolute Gasteiger partial charge is 0.329 e. The van der Waals surface area contributed by atoms with Crippen molar-refractivity contribution in [2.45, 2.75) is 6.42 Å². The molecular weight excluding hydrogens is 151 g/mol. The maximum atomic E-state index is 10.1. The zero-order valence-corrected chi connectivity index (χ0v) is 5.50. The molecule has 0 spiro atoms. The average Bonchev–Trinajstić information content (AvgIpc) is 1.65. The zero-order valence-electron chi connectivity index (χ0n) is 3.99. The third-order valence-electron chi connectivity index (χ3n) is 0.422. The van der Waals surface area contributed by atoms with E-state index in [1.807, 2.05) is 0 Å². The minimum atomic E-state index is -0.591. The van der Waals surface area contributed by atoms with Crippen molar-refractivity contribution in [3.8, 4) is 0 Å². The molecule has 0 aliphatic carbocycles. The fourth-order valence-electron chi connectivity index (χ4n) is 0.184. The van der Waals surface area contributed by atoms with E-state index >= 15 is 0 Å². The predicted molar refractivity (Wildman–Crippen MR) is 31.6 cm³/mol. The first kappa shape index (κ1) is 7.79. The summed E-state index contributed by atoms with van der Waals surface area (Å²) in [6.07, 6.45) is -0.0367. The molecular formula is C4H4Cl2O2. The van der Waals surface area contributed by atoms with Crippen LogP contribution in [0.15, 0.2) is 11.6 Å². The highest BCUT2D eigenvalue weighted by Crippen LogP contribution is 2.04. The third kappa shape index (κ3) is 3.96. The Balaban J connectivity index is 3.40. The number of hydrogen-bond acceptors (Lipinski definition) is 2. The summed E-state index contributed by atoms with van der Waals surface area (Å²) >= 11 is 9.84. The fourth-order valence-corrected chi connectivity index (χ4v) is 0.348. The largest absolute Gasteiger partial charge is 0.347 e. The molecule has 0 rings (SSSR count). The van der Waals surface area contributed by atoms with Crippen LogP contribution >= 0.6 is 23.5 Å². The lowest BCUT2D eigenvalue weighted by Gasteiger charge is -1.89. The van der Waals surface area contributed by atoms with Gasteiger partial charge in [0.05, 0.1) is 6.42 Å². The van der Waals surface area contributed by atoms with Gasteiger partial charge in [0.25, 0.3) is 0 Å². The summed E-state index contributed by atoms with van der Waals surface area (Å²) in [5.41, 5.74) is 0. The standard InChI is InChI=1S/C4H4Cl2O2/c1-3(5)2-4(7)8-6/h1-2H2. The van der Waals surface area contributed by atoms with Crippen molar-refractivity contribution in [2.24, 2.45) is 0 Å². The Labute approximate surface area is 57.2 Å². The lowest BCUT2D eigenvalue weighted by molar-refractivity contribution is -0.133. The lowest BCUT2D eigenvalue weighted by Crippen LogP contribution is -1.94. The summed E-state index contributed by atoms with van der Waals surface area (Å²) < 4.78 is 3.75. The van der Waals surface area contributed by atoms with Crippen LogP contribution in [0.1, 0.15) is 6.42 Å². The van der Waals surface area contributed by atoms with Gasteiger partial charge in [0.2, 0.25) is 0 Å². The van der Waals surface area contributed by atoms with Gasteiger partial charge in [-0.3, -0.25) is 4.79 Å². The van der Waals surface area contributed by atoms with E-state index in [0.717, 1.165) is 0 Å². The van der Waals surface area contributed by atoms with Gasteiger partial charge in [-0.25, -0.2) is 0 Å². The lowest BCUT2D eigenvalue weighted by atomic mass is 10.4. The molecule has 0 N–H and O–H groups in total. The Kier molecular flexibility index (Phi) is 3.65. The SMILES string of the molecule is C=C(Cl)CC(=O)OCl. The molecule has 0 amide bonds. The molecule has 0 heterocycles. The molecule has 0 aromatic heterocycles. The molecule has 0 radical (unpaired) electrons. The Hall–Kier alpha value is -0.210. The second kappa shape index (κ2) is 3.75. The van der Waals surface area contributed by atoms with E-state index in [0.29, 0.717) is 0 Å². The minimum Gasteiger partial charge on any atom is -0.347 e. The second-order valence-electron chi connectivity index (χ2n) is 1.14. The van der Waals surface area contributed by atoms with Crippen LogP contribution in [0.2, 0.25) is 0 Å². The Bertz CT molecular complexity index is 111. The molecule has 0 aliphatic heterocycles. The molecule has 46 valence electrons. The minimum absolute atomic E-state index is 0.0367. The van der Waals surface area contributed by atoms with E-state index in [-0.39, 0.29) is 11.5 Å². The molecule has 0 fully saturated rings. The third-order valence-corrected chi connectivity index (χ3v) is 0.728. The highest BCUT2D eigenvalue weighted by molar-refractivity contribution is 6.30. The van der Waals surface area contributed by atoms with Gasteiger partial charge in [-0.15, -0.1) is 0 Å². The molecule has 0 aromatic carbocycles. The number of halogens is 2. The van der Waals surface area contributed by atoms with Crippen molar-refractivity contribution in [3.63, 3.8) is 0 Å². The van der Waals surface area contributed by atoms with E-state index in [9.17, 15) is 4.79 Å². The molecule has 0 unspecified atom stereocenters. The van der Waals surface area contributed by atoms with Crippen molar-refractivity contribution in [2.75, 3.05) is 0 Å². The second-order valence-corrected chi connectivity index (χ2v) is 1.83. The summed E-state index contributed by atoms with van der Waals surface area (Å²) in [6, 6.07) is 0. The number of rotatable bonds is 2. The van der Waals surface area contributed by atoms with Gasteiger partial charge < -0.3 is 4.29 Å². The van der Waals surface area contributed by atoms with Gasteiger partial charge in [0.15, 0.2) is 0 Å². The molecule has 0 aliphatic rings. The molecule has 0 saturated heterocycles. The van der Waals surface area contributed by atoms with E-state index in [2.05, 4.69) is 22.7 Å². The first-order valence-corrected chi connectivity index (χ1v) is 2.50. The van der Waals surface area contributed by atoms with Crippen LogP contribution in [0, 0.1) is 0 Å². The van der Waals surface area contributed by atoms with Gasteiger partial charge in [0.1, 0.15) is 11.9 Å². The first-order valence-electron chi connectivity index (χ1n) is 1.81. The van der Waals surface area contributed by atoms with Crippen molar-refractivity contribution in [1.82, 2.24) is 0 Å². The van der Waals surface area contributed by atoms with Crippen LogP contribution in [0.5, 0.6) is 0 Å². The molecule has 0 saturated carbocycles. The summed E-state index contributed by atoms with van der Waals surface area (Å²) in [6.45, 7) is 3.25. The summed E-state index contributed by atoms with van der Waals surface area (Å²) in [7, 11) is 0. The van der Waals surface area contributed by atoms with Gasteiger partial charge >= 0.3 is 5.97 Å². The predicted octanol–water partition coefficient (Wildman–Crippen LogP) is 1.83. The van der Waals surface area contributed by atoms with Crippen molar-refractivity contribution in [3.05, 3.63) is 11.6 Å². The van der Waals surface area contributed by atoms with Crippen molar-refractivity contribution in [1.29, 1.82) is 0 Å². The van der Waals surface area contributed by atoms with Gasteiger partial charge in [-0.1, -0.05) is 18.2 Å². The van der Waals surface area contributed by atoms with Crippen molar-refractivity contribution < 1.29 is 9.08 Å². The normalized spacial score (nSPS) is 8.25. The highest BCUT2D eigenvalue weighted by Gasteiger charge is 2.00. The van der Waals surface area contributed by atoms with E-state index in [4.69, 9.17) is 11.6 Å². The summed E-state index contributed by atoms with van der Waals surface area (Å²) in [5, 5.41) is 0.218. The number of hydrogen-bond donors (Lipinski definition) is 0. The number of carbonyl (C=O) groups is 1. The van der Waals surface area contributed by atoms with Gasteiger partial charge in [0, 0.05) is 5.03 Å². The van der Waals surface area contributed by atoms with Crippen LogP contribution in [0.4, 0.5) is 0 Å². The maximum Gasteiger partial charge on any atom is 0.329 e. The van der Waals surface area contributed by atoms with Gasteiger partial charge in [-0.05, 0) is 0 Å². The Morgan fingerprint density at radius 3 is 2.38 bits per heavy atom. The molecule has 4 heteroatoms. The fraction of sp³-hybridized carbons (Fsp3) is 0.250. The van der Waals surface area contributed by atoms with E-state index < -0.39 is 5.97 Å². The quantitative estimate of drug-likeness (QED) is 0.607. The van der Waals surface area contributed by atoms with Crippen LogP contribution in [-0.4, -0.2) is 5.97 Å². The van der Waals surface area contributed by atoms with Crippen LogP contribution in [-0.2, 0) is 9.08 Å². The number of carbonyl (C=O) groups excluding carboxylic acids is 1. The maximum absolute atomic E-state index is 10.1. The topological polar surface area (TPSA) is 26.3 Å². The first-order chi connectivity index (χ1) is 3.66. The van der Waals surface area contributed by atoms with Crippen molar-refractivity contribution >= 4 is 29.4 Å². The van der Waals surface area contributed by atoms with Gasteiger partial charge in [-0.2, -0.15) is 0 Å². The summed E-state index contributed by atoms with van der Waals surface area (Å²) in [5.74, 6) is -0.591. The molecule has 0 bridgehead atoms. The van der Waals surface area contributed by atoms with Crippen LogP contribution in [0.25, 0.3) is 0 Å². The molecule has 2 nitrogen and oxygen atoms in total. The molecule has 8 heavy (non-hydrogen) atoms. The van der Waals surface area contributed by atoms with E-state index in [1.165, 1.54) is 0 Å². The zero-order chi connectivity index (χ0) is 6.57. The molecule has 0 aromatic rings. The van der Waals surface area contributed by atoms with E-state index in [1.54, 1.807) is 0 Å². The van der Waals surface area contributed by atoms with Crippen LogP contribution < -0.4 is 0 Å². The Morgan fingerprint density at radius 1 is 1.75 bits per heavy atom. The molecule has 0 atom stereocenters. The van der Waals surface area contributed by atoms with Crippen LogP contribution in [0.3, 0.4) is 0 Å². The Morgan fingerprint density at radius 2 is 2.25 bits per heavy atom. The summed E-state index contributed by atoms with van der Waals surface area (Å²) in [4.78, 5) is 10.1. The highest BCUT2D eigenvalue weighted by atomic mass is 35.5.